The highest BCUT2D eigenvalue weighted by Crippen LogP contribution is 2.23. The van der Waals surface area contributed by atoms with Crippen molar-refractivity contribution in [3.63, 3.8) is 0 Å². The zero-order valence-corrected chi connectivity index (χ0v) is 7.97. The quantitative estimate of drug-likeness (QED) is 0.610. The summed E-state index contributed by atoms with van der Waals surface area (Å²) in [4.78, 5) is 0. The lowest BCUT2D eigenvalue weighted by atomic mass is 10.3. The minimum absolute atomic E-state index is 0. The summed E-state index contributed by atoms with van der Waals surface area (Å²) in [5, 5.41) is 4.16. The topological polar surface area (TPSA) is 0 Å². The number of benzene rings is 1. The Balaban J connectivity index is 0.000000605. The van der Waals surface area contributed by atoms with Gasteiger partial charge in [-0.3, -0.25) is 0 Å². The Morgan fingerprint density at radius 2 is 2.00 bits per heavy atom. The van der Waals surface area contributed by atoms with Crippen LogP contribution in [-0.4, -0.2) is 0 Å². The van der Waals surface area contributed by atoms with E-state index in [1.54, 1.807) is 11.3 Å². The Morgan fingerprint density at radius 3 is 2.82 bits per heavy atom. The van der Waals surface area contributed by atoms with Crippen molar-refractivity contribution in [3.05, 3.63) is 34.7 Å². The molecule has 1 heterocycles. The third kappa shape index (κ3) is 1.67. The minimum Gasteiger partial charge on any atom is -0.147 e. The molecule has 0 nitrogen and oxygen atoms in total. The van der Waals surface area contributed by atoms with Gasteiger partial charge in [0.25, 0.3) is 0 Å². The standard InChI is InChI=1S/C8H5ClS.ClH/c9-7-2-1-6-3-4-10-8(6)5-7;/h1-5H;1H. The van der Waals surface area contributed by atoms with Gasteiger partial charge in [-0.1, -0.05) is 17.7 Å². The van der Waals surface area contributed by atoms with Gasteiger partial charge >= 0.3 is 0 Å². The zero-order valence-electron chi connectivity index (χ0n) is 5.58. The molecule has 0 atom stereocenters. The highest BCUT2D eigenvalue weighted by atomic mass is 35.5. The second-order valence-electron chi connectivity index (χ2n) is 2.10. The van der Waals surface area contributed by atoms with Crippen LogP contribution in [0, 0.1) is 0 Å². The van der Waals surface area contributed by atoms with E-state index in [1.165, 1.54) is 10.1 Å². The van der Waals surface area contributed by atoms with E-state index in [-0.39, 0.29) is 12.4 Å². The van der Waals surface area contributed by atoms with E-state index in [0.717, 1.165) is 5.02 Å². The molecule has 0 aliphatic carbocycles. The molecular weight excluding hydrogens is 199 g/mol. The first-order chi connectivity index (χ1) is 4.86. The largest absolute Gasteiger partial charge is 0.147 e. The van der Waals surface area contributed by atoms with E-state index in [0.29, 0.717) is 0 Å². The van der Waals surface area contributed by atoms with Gasteiger partial charge < -0.3 is 0 Å². The van der Waals surface area contributed by atoms with E-state index in [4.69, 9.17) is 11.6 Å². The van der Waals surface area contributed by atoms with Crippen molar-refractivity contribution in [2.24, 2.45) is 0 Å². The van der Waals surface area contributed by atoms with Gasteiger partial charge in [0.05, 0.1) is 0 Å². The highest BCUT2D eigenvalue weighted by Gasteiger charge is 1.93. The molecule has 1 aromatic heterocycles. The van der Waals surface area contributed by atoms with Gasteiger partial charge in [-0.25, -0.2) is 0 Å². The maximum Gasteiger partial charge on any atom is 0.0420 e. The predicted octanol–water partition coefficient (Wildman–Crippen LogP) is 3.98. The highest BCUT2D eigenvalue weighted by molar-refractivity contribution is 7.17. The molecule has 1 aromatic carbocycles. The molecule has 11 heavy (non-hydrogen) atoms. The summed E-state index contributed by atoms with van der Waals surface area (Å²) in [5.41, 5.74) is 0. The monoisotopic (exact) mass is 204 g/mol. The molecule has 0 saturated heterocycles. The summed E-state index contributed by atoms with van der Waals surface area (Å²) in [5.74, 6) is 0. The van der Waals surface area contributed by atoms with Crippen LogP contribution in [0.2, 0.25) is 5.02 Å². The van der Waals surface area contributed by atoms with E-state index in [2.05, 4.69) is 11.4 Å². The van der Waals surface area contributed by atoms with Crippen molar-refractivity contribution in [2.75, 3.05) is 0 Å². The molecule has 2 aromatic rings. The molecule has 2 rings (SSSR count). The zero-order chi connectivity index (χ0) is 6.97. The van der Waals surface area contributed by atoms with E-state index < -0.39 is 0 Å². The van der Waals surface area contributed by atoms with E-state index >= 15 is 0 Å². The van der Waals surface area contributed by atoms with Crippen molar-refractivity contribution < 1.29 is 0 Å². The van der Waals surface area contributed by atoms with Crippen LogP contribution in [0.4, 0.5) is 0 Å². The third-order valence-electron chi connectivity index (χ3n) is 1.42. The molecule has 0 unspecified atom stereocenters. The van der Waals surface area contributed by atoms with Crippen LogP contribution in [-0.2, 0) is 0 Å². The average molecular weight is 205 g/mol. The number of fused-ring (bicyclic) bond motifs is 1. The van der Waals surface area contributed by atoms with Gasteiger partial charge in [0.2, 0.25) is 0 Å². The fourth-order valence-electron chi connectivity index (χ4n) is 0.929. The maximum absolute atomic E-state index is 5.78. The molecule has 0 aliphatic rings. The van der Waals surface area contributed by atoms with Crippen LogP contribution in [0.5, 0.6) is 0 Å². The Kier molecular flexibility index (Phi) is 2.77. The average Bonchev–Trinajstić information content (AvgIpc) is 2.33. The molecular formula is C8H6Cl2S. The molecule has 0 spiro atoms. The first-order valence-corrected chi connectivity index (χ1v) is 4.25. The first kappa shape index (κ1) is 8.85. The lowest BCUT2D eigenvalue weighted by molar-refractivity contribution is 1.85. The van der Waals surface area contributed by atoms with Gasteiger partial charge in [0, 0.05) is 9.72 Å². The summed E-state index contributed by atoms with van der Waals surface area (Å²) in [7, 11) is 0. The molecule has 58 valence electrons. The van der Waals surface area contributed by atoms with Crippen LogP contribution >= 0.6 is 35.3 Å². The van der Waals surface area contributed by atoms with E-state index in [9.17, 15) is 0 Å². The number of halogens is 2. The van der Waals surface area contributed by atoms with Crippen LogP contribution in [0.3, 0.4) is 0 Å². The first-order valence-electron chi connectivity index (χ1n) is 2.99. The van der Waals surface area contributed by atoms with Gasteiger partial charge in [-0.05, 0) is 29.0 Å². The van der Waals surface area contributed by atoms with Crippen molar-refractivity contribution in [1.82, 2.24) is 0 Å². The molecule has 0 amide bonds. The number of thiophene rings is 1. The minimum atomic E-state index is 0. The maximum atomic E-state index is 5.78. The number of hydrogen-bond acceptors (Lipinski definition) is 1. The van der Waals surface area contributed by atoms with Crippen molar-refractivity contribution in [1.29, 1.82) is 0 Å². The molecule has 0 radical (unpaired) electrons. The van der Waals surface area contributed by atoms with Gasteiger partial charge in [0.15, 0.2) is 0 Å². The Morgan fingerprint density at radius 1 is 1.18 bits per heavy atom. The van der Waals surface area contributed by atoms with Crippen LogP contribution in [0.1, 0.15) is 0 Å². The predicted molar refractivity (Wildman–Crippen MR) is 54.1 cm³/mol. The summed E-state index contributed by atoms with van der Waals surface area (Å²) >= 11 is 7.50. The molecule has 0 N–H and O–H groups in total. The summed E-state index contributed by atoms with van der Waals surface area (Å²) in [6.07, 6.45) is 0. The van der Waals surface area contributed by atoms with Crippen molar-refractivity contribution >= 4 is 45.4 Å². The SMILES string of the molecule is Cl.Clc1ccc2ccsc2c1. The van der Waals surface area contributed by atoms with Crippen molar-refractivity contribution in [3.8, 4) is 0 Å². The lowest BCUT2D eigenvalue weighted by Gasteiger charge is -1.88. The summed E-state index contributed by atoms with van der Waals surface area (Å²) in [6, 6.07) is 8.03. The second kappa shape index (κ2) is 3.44. The Bertz CT molecular complexity index is 354. The van der Waals surface area contributed by atoms with Crippen LogP contribution in [0.15, 0.2) is 29.6 Å². The summed E-state index contributed by atoms with van der Waals surface area (Å²) in [6.45, 7) is 0. The number of hydrogen-bond donors (Lipinski definition) is 0. The summed E-state index contributed by atoms with van der Waals surface area (Å²) < 4.78 is 1.26. The van der Waals surface area contributed by atoms with E-state index in [1.807, 2.05) is 18.2 Å². The Labute approximate surface area is 80.2 Å². The fourth-order valence-corrected chi connectivity index (χ4v) is 1.99. The van der Waals surface area contributed by atoms with Crippen molar-refractivity contribution in [2.45, 2.75) is 0 Å². The molecule has 3 heteroatoms. The molecule has 0 bridgehead atoms. The molecule has 0 fully saturated rings. The molecule has 0 aliphatic heterocycles. The Hall–Kier alpha value is -0.240. The van der Waals surface area contributed by atoms with Gasteiger partial charge in [-0.2, -0.15) is 0 Å². The smallest absolute Gasteiger partial charge is 0.0420 e. The second-order valence-corrected chi connectivity index (χ2v) is 3.49. The third-order valence-corrected chi connectivity index (χ3v) is 2.53. The fraction of sp³-hybridized carbons (Fsp3) is 0. The molecule has 0 saturated carbocycles. The van der Waals surface area contributed by atoms with Gasteiger partial charge in [0.1, 0.15) is 0 Å². The van der Waals surface area contributed by atoms with Crippen LogP contribution < -0.4 is 0 Å². The van der Waals surface area contributed by atoms with Crippen LogP contribution in [0.25, 0.3) is 10.1 Å². The normalized spacial score (nSPS) is 9.55. The number of rotatable bonds is 0. The van der Waals surface area contributed by atoms with Gasteiger partial charge in [-0.15, -0.1) is 23.7 Å². The lowest BCUT2D eigenvalue weighted by Crippen LogP contribution is -1.61.